The van der Waals surface area contributed by atoms with Gasteiger partial charge in [-0.25, -0.2) is 9.37 Å². The van der Waals surface area contributed by atoms with E-state index in [4.69, 9.17) is 11.6 Å². The van der Waals surface area contributed by atoms with Gasteiger partial charge in [0.25, 0.3) is 0 Å². The van der Waals surface area contributed by atoms with Crippen LogP contribution in [0.1, 0.15) is 18.5 Å². The Morgan fingerprint density at radius 3 is 3.00 bits per heavy atom. The molecule has 1 aliphatic rings. The minimum Gasteiger partial charge on any atom is -0.341 e. The Labute approximate surface area is 109 Å². The van der Waals surface area contributed by atoms with E-state index < -0.39 is 5.82 Å². The molecule has 2 aromatic rings. The number of hydrogen-bond donors (Lipinski definition) is 2. The van der Waals surface area contributed by atoms with Crippen molar-refractivity contribution in [3.8, 4) is 11.4 Å². The molecule has 0 amide bonds. The van der Waals surface area contributed by atoms with Crippen molar-refractivity contribution >= 4 is 11.6 Å². The van der Waals surface area contributed by atoms with Crippen molar-refractivity contribution in [1.82, 2.24) is 15.3 Å². The second kappa shape index (κ2) is 4.71. The molecule has 0 radical (unpaired) electrons. The van der Waals surface area contributed by atoms with E-state index in [0.29, 0.717) is 11.9 Å². The zero-order valence-electron chi connectivity index (χ0n) is 9.71. The van der Waals surface area contributed by atoms with Crippen LogP contribution in [0.2, 0.25) is 5.02 Å². The molecule has 1 fully saturated rings. The van der Waals surface area contributed by atoms with E-state index in [1.165, 1.54) is 18.9 Å². The van der Waals surface area contributed by atoms with E-state index in [1.54, 1.807) is 18.3 Å². The predicted octanol–water partition coefficient (Wildman–Crippen LogP) is 3.12. The molecule has 1 heterocycles. The lowest BCUT2D eigenvalue weighted by Crippen LogP contribution is -2.15. The number of rotatable bonds is 4. The van der Waals surface area contributed by atoms with Crippen LogP contribution in [-0.4, -0.2) is 16.0 Å². The van der Waals surface area contributed by atoms with Crippen LogP contribution in [-0.2, 0) is 6.54 Å². The molecule has 0 saturated heterocycles. The molecule has 0 unspecified atom stereocenters. The molecule has 0 spiro atoms. The number of nitrogens with one attached hydrogen (secondary N) is 2. The lowest BCUT2D eigenvalue weighted by molar-refractivity contribution is 0.628. The van der Waals surface area contributed by atoms with Crippen molar-refractivity contribution < 1.29 is 4.39 Å². The van der Waals surface area contributed by atoms with Crippen molar-refractivity contribution in [2.75, 3.05) is 0 Å². The number of imidazole rings is 1. The summed E-state index contributed by atoms with van der Waals surface area (Å²) in [7, 11) is 0. The fraction of sp³-hybridized carbons (Fsp3) is 0.308. The lowest BCUT2D eigenvalue weighted by Gasteiger charge is -2.00. The van der Waals surface area contributed by atoms with Gasteiger partial charge in [0.2, 0.25) is 0 Å². The van der Waals surface area contributed by atoms with Gasteiger partial charge >= 0.3 is 0 Å². The summed E-state index contributed by atoms with van der Waals surface area (Å²) in [6.07, 6.45) is 4.31. The highest BCUT2D eigenvalue weighted by Gasteiger charge is 2.20. The molecule has 0 bridgehead atoms. The van der Waals surface area contributed by atoms with Crippen molar-refractivity contribution in [2.45, 2.75) is 25.4 Å². The molecule has 1 aliphatic carbocycles. The van der Waals surface area contributed by atoms with Gasteiger partial charge in [-0.1, -0.05) is 11.6 Å². The first kappa shape index (κ1) is 11.7. The summed E-state index contributed by atoms with van der Waals surface area (Å²) < 4.78 is 13.1. The van der Waals surface area contributed by atoms with Crippen LogP contribution in [0, 0.1) is 5.82 Å². The minimum atomic E-state index is -0.414. The third-order valence-electron chi connectivity index (χ3n) is 2.98. The molecule has 1 saturated carbocycles. The summed E-state index contributed by atoms with van der Waals surface area (Å²) in [5.74, 6) is 0.298. The average Bonchev–Trinajstić information content (AvgIpc) is 3.08. The third kappa shape index (κ3) is 2.54. The molecule has 1 aromatic heterocycles. The minimum absolute atomic E-state index is 0.113. The van der Waals surface area contributed by atoms with Gasteiger partial charge in [0.05, 0.1) is 5.02 Å². The van der Waals surface area contributed by atoms with E-state index in [1.807, 2.05) is 0 Å². The average molecular weight is 266 g/mol. The largest absolute Gasteiger partial charge is 0.341 e. The third-order valence-corrected chi connectivity index (χ3v) is 3.27. The molecule has 3 rings (SSSR count). The molecule has 0 aliphatic heterocycles. The molecule has 1 aromatic carbocycles. The first-order valence-corrected chi connectivity index (χ1v) is 6.33. The summed E-state index contributed by atoms with van der Waals surface area (Å²) in [6.45, 7) is 0.784. The van der Waals surface area contributed by atoms with E-state index in [0.717, 1.165) is 17.8 Å². The smallest absolute Gasteiger partial charge is 0.141 e. The van der Waals surface area contributed by atoms with Gasteiger partial charge in [0, 0.05) is 30.0 Å². The number of halogens is 2. The Morgan fingerprint density at radius 2 is 2.28 bits per heavy atom. The van der Waals surface area contributed by atoms with E-state index in [-0.39, 0.29) is 5.02 Å². The highest BCUT2D eigenvalue weighted by molar-refractivity contribution is 6.31. The summed E-state index contributed by atoms with van der Waals surface area (Å²) >= 11 is 5.75. The summed E-state index contributed by atoms with van der Waals surface area (Å²) in [5.41, 5.74) is 1.82. The Balaban J connectivity index is 1.76. The Kier molecular flexibility index (Phi) is 3.06. The van der Waals surface area contributed by atoms with Gasteiger partial charge in [-0.2, -0.15) is 0 Å². The maximum absolute atomic E-state index is 13.1. The van der Waals surface area contributed by atoms with Gasteiger partial charge in [0.15, 0.2) is 0 Å². The van der Waals surface area contributed by atoms with Crippen LogP contribution < -0.4 is 5.32 Å². The zero-order valence-corrected chi connectivity index (χ0v) is 10.5. The number of nitrogens with zero attached hydrogens (tertiary/aromatic N) is 1. The Bertz CT molecular complexity index is 563. The molecular formula is C13H13ClFN3. The second-order valence-corrected chi connectivity index (χ2v) is 4.95. The maximum Gasteiger partial charge on any atom is 0.141 e. The molecule has 3 nitrogen and oxygen atoms in total. The summed E-state index contributed by atoms with van der Waals surface area (Å²) in [5, 5.41) is 3.51. The lowest BCUT2D eigenvalue weighted by atomic mass is 10.2. The summed E-state index contributed by atoms with van der Waals surface area (Å²) in [4.78, 5) is 7.48. The first-order valence-electron chi connectivity index (χ1n) is 5.95. The van der Waals surface area contributed by atoms with Crippen LogP contribution in [0.25, 0.3) is 11.4 Å². The number of aromatic nitrogens is 2. The van der Waals surface area contributed by atoms with Gasteiger partial charge in [-0.3, -0.25) is 0 Å². The topological polar surface area (TPSA) is 40.7 Å². The number of H-pyrrole nitrogens is 1. The zero-order chi connectivity index (χ0) is 12.5. The maximum atomic E-state index is 13.1. The van der Waals surface area contributed by atoms with Gasteiger partial charge < -0.3 is 10.3 Å². The van der Waals surface area contributed by atoms with Crippen LogP contribution in [0.5, 0.6) is 0 Å². The monoisotopic (exact) mass is 265 g/mol. The fourth-order valence-corrected chi connectivity index (χ4v) is 1.96. The molecule has 2 N–H and O–H groups in total. The second-order valence-electron chi connectivity index (χ2n) is 4.54. The van der Waals surface area contributed by atoms with Crippen LogP contribution in [0.4, 0.5) is 4.39 Å². The van der Waals surface area contributed by atoms with Gasteiger partial charge in [-0.05, 0) is 31.0 Å². The molecule has 0 atom stereocenters. The predicted molar refractivity (Wildman–Crippen MR) is 68.9 cm³/mol. The van der Waals surface area contributed by atoms with Crippen LogP contribution >= 0.6 is 11.6 Å². The quantitative estimate of drug-likeness (QED) is 0.892. The van der Waals surface area contributed by atoms with Crippen molar-refractivity contribution in [2.24, 2.45) is 0 Å². The van der Waals surface area contributed by atoms with E-state index in [9.17, 15) is 4.39 Å². The highest BCUT2D eigenvalue weighted by Crippen LogP contribution is 2.23. The SMILES string of the molecule is Fc1ccc(-c2ncc(CNC3CC3)[nH]2)cc1Cl. The number of benzene rings is 1. The van der Waals surface area contributed by atoms with Crippen molar-refractivity contribution in [1.29, 1.82) is 0 Å². The number of aromatic amines is 1. The fourth-order valence-electron chi connectivity index (χ4n) is 1.78. The first-order chi connectivity index (χ1) is 8.72. The van der Waals surface area contributed by atoms with Crippen molar-refractivity contribution in [3.63, 3.8) is 0 Å². The van der Waals surface area contributed by atoms with Crippen LogP contribution in [0.15, 0.2) is 24.4 Å². The standard InChI is InChI=1S/C13H13ClFN3/c14-11-5-8(1-4-12(11)15)13-17-7-10(18-13)6-16-9-2-3-9/h1,4-5,7,9,16H,2-3,6H2,(H,17,18). The molecule has 5 heteroatoms. The normalized spacial score (nSPS) is 15.0. The van der Waals surface area contributed by atoms with Crippen LogP contribution in [0.3, 0.4) is 0 Å². The van der Waals surface area contributed by atoms with E-state index in [2.05, 4.69) is 15.3 Å². The van der Waals surface area contributed by atoms with Gasteiger partial charge in [0.1, 0.15) is 11.6 Å². The molecule has 94 valence electrons. The van der Waals surface area contributed by atoms with E-state index >= 15 is 0 Å². The highest BCUT2D eigenvalue weighted by atomic mass is 35.5. The summed E-state index contributed by atoms with van der Waals surface area (Å²) in [6, 6.07) is 5.26. The molecule has 18 heavy (non-hydrogen) atoms. The molecular weight excluding hydrogens is 253 g/mol. The van der Waals surface area contributed by atoms with Crippen molar-refractivity contribution in [3.05, 3.63) is 40.9 Å². The van der Waals surface area contributed by atoms with Gasteiger partial charge in [-0.15, -0.1) is 0 Å². The number of hydrogen-bond acceptors (Lipinski definition) is 2. The Hall–Kier alpha value is -1.39. The Morgan fingerprint density at radius 1 is 1.44 bits per heavy atom.